The third kappa shape index (κ3) is 2.53. The number of hydrogen-bond acceptors (Lipinski definition) is 4. The Morgan fingerprint density at radius 1 is 1.25 bits per heavy atom. The number of ketones is 1. The highest BCUT2D eigenvalue weighted by molar-refractivity contribution is 7.18. The van der Waals surface area contributed by atoms with Gasteiger partial charge in [-0.15, -0.1) is 11.3 Å². The van der Waals surface area contributed by atoms with Crippen LogP contribution in [0.15, 0.2) is 42.5 Å². The maximum atomic E-state index is 12.2. The number of nitrogen functional groups attached to an aromatic ring is 1. The molecule has 0 aliphatic rings. The first-order chi connectivity index (χ1) is 9.63. The molecule has 0 atom stereocenters. The van der Waals surface area contributed by atoms with Gasteiger partial charge in [0.25, 0.3) is 0 Å². The minimum Gasteiger partial charge on any atom is -0.398 e. The van der Waals surface area contributed by atoms with Crippen molar-refractivity contribution in [3.8, 4) is 0 Å². The Bertz CT molecular complexity index is 764. The van der Waals surface area contributed by atoms with Crippen LogP contribution in [0.3, 0.4) is 0 Å². The van der Waals surface area contributed by atoms with Crippen LogP contribution in [0.5, 0.6) is 0 Å². The van der Waals surface area contributed by atoms with Crippen molar-refractivity contribution in [2.75, 3.05) is 5.73 Å². The number of carbonyl (C=O) groups excluding carboxylic acids is 1. The minimum atomic E-state index is -0.00837. The lowest BCUT2D eigenvalue weighted by molar-refractivity contribution is 0.0993. The molecule has 3 nitrogen and oxygen atoms in total. The summed E-state index contributed by atoms with van der Waals surface area (Å²) in [6.07, 6.45) is 0.277. The van der Waals surface area contributed by atoms with Crippen LogP contribution in [-0.2, 0) is 6.42 Å². The first-order valence-corrected chi connectivity index (χ1v) is 7.25. The largest absolute Gasteiger partial charge is 0.398 e. The number of fused-ring (bicyclic) bond motifs is 1. The Labute approximate surface area is 125 Å². The van der Waals surface area contributed by atoms with Crippen LogP contribution in [0.1, 0.15) is 15.4 Å². The van der Waals surface area contributed by atoms with Crippen molar-refractivity contribution in [2.24, 2.45) is 0 Å². The normalized spacial score (nSPS) is 10.8. The predicted octanol–water partition coefficient (Wildman–Crippen LogP) is 3.96. The lowest BCUT2D eigenvalue weighted by Gasteiger charge is -2.02. The fourth-order valence-corrected chi connectivity index (χ4v) is 3.08. The highest BCUT2D eigenvalue weighted by Crippen LogP contribution is 2.24. The number of nitrogens with zero attached hydrogens (tertiary/aromatic N) is 1. The van der Waals surface area contributed by atoms with Crippen molar-refractivity contribution in [2.45, 2.75) is 6.42 Å². The third-order valence-corrected chi connectivity index (χ3v) is 4.34. The summed E-state index contributed by atoms with van der Waals surface area (Å²) in [4.78, 5) is 16.7. The Hall–Kier alpha value is -1.91. The standard InChI is InChI=1S/C15H11ClN2OS/c16-10-7-9(5-6-11(10)17)13(19)8-15-18-12-3-1-2-4-14(12)20-15/h1-7H,8,17H2. The summed E-state index contributed by atoms with van der Waals surface area (Å²) in [5, 5.41) is 1.21. The van der Waals surface area contributed by atoms with Crippen LogP contribution in [0, 0.1) is 0 Å². The molecule has 1 heterocycles. The van der Waals surface area contributed by atoms with Crippen molar-refractivity contribution < 1.29 is 4.79 Å². The summed E-state index contributed by atoms with van der Waals surface area (Å²) in [6, 6.07) is 12.8. The number of benzene rings is 2. The molecule has 0 saturated carbocycles. The first kappa shape index (κ1) is 13.1. The molecule has 1 aromatic heterocycles. The van der Waals surface area contributed by atoms with Crippen LogP contribution in [0.25, 0.3) is 10.2 Å². The highest BCUT2D eigenvalue weighted by Gasteiger charge is 2.12. The van der Waals surface area contributed by atoms with Gasteiger partial charge in [-0.2, -0.15) is 0 Å². The van der Waals surface area contributed by atoms with E-state index in [1.165, 1.54) is 11.3 Å². The Morgan fingerprint density at radius 3 is 2.80 bits per heavy atom. The molecule has 20 heavy (non-hydrogen) atoms. The second-order valence-corrected chi connectivity index (χ2v) is 5.93. The second kappa shape index (κ2) is 5.23. The van der Waals surface area contributed by atoms with E-state index < -0.39 is 0 Å². The van der Waals surface area contributed by atoms with Gasteiger partial charge in [0, 0.05) is 5.56 Å². The van der Waals surface area contributed by atoms with Gasteiger partial charge in [0.05, 0.1) is 27.3 Å². The van der Waals surface area contributed by atoms with Gasteiger partial charge >= 0.3 is 0 Å². The molecule has 0 bridgehead atoms. The Morgan fingerprint density at radius 2 is 2.05 bits per heavy atom. The molecule has 0 aliphatic heterocycles. The van der Waals surface area contributed by atoms with E-state index in [9.17, 15) is 4.79 Å². The van der Waals surface area contributed by atoms with Crippen LogP contribution in [0.4, 0.5) is 5.69 Å². The highest BCUT2D eigenvalue weighted by atomic mass is 35.5. The van der Waals surface area contributed by atoms with E-state index in [0.717, 1.165) is 15.2 Å². The van der Waals surface area contributed by atoms with Gasteiger partial charge in [0.2, 0.25) is 0 Å². The van der Waals surface area contributed by atoms with E-state index in [-0.39, 0.29) is 12.2 Å². The predicted molar refractivity (Wildman–Crippen MR) is 83.5 cm³/mol. The number of aromatic nitrogens is 1. The molecule has 3 aromatic rings. The number of halogens is 1. The molecule has 0 aliphatic carbocycles. The summed E-state index contributed by atoms with van der Waals surface area (Å²) < 4.78 is 1.09. The van der Waals surface area contributed by atoms with Crippen LogP contribution in [0.2, 0.25) is 5.02 Å². The number of rotatable bonds is 3. The minimum absolute atomic E-state index is 0.00837. The summed E-state index contributed by atoms with van der Waals surface area (Å²) in [5.41, 5.74) is 7.60. The summed E-state index contributed by atoms with van der Waals surface area (Å²) >= 11 is 7.47. The summed E-state index contributed by atoms with van der Waals surface area (Å²) in [5.74, 6) is -0.00837. The zero-order valence-corrected chi connectivity index (χ0v) is 12.0. The van der Waals surface area contributed by atoms with Gasteiger partial charge in [0.1, 0.15) is 5.01 Å². The molecule has 0 unspecified atom stereocenters. The second-order valence-electron chi connectivity index (χ2n) is 4.41. The fourth-order valence-electron chi connectivity index (χ4n) is 1.94. The SMILES string of the molecule is Nc1ccc(C(=O)Cc2nc3ccccc3s2)cc1Cl. The average molecular weight is 303 g/mol. The average Bonchev–Trinajstić information content (AvgIpc) is 2.83. The fraction of sp³-hybridized carbons (Fsp3) is 0.0667. The van der Waals surface area contributed by atoms with E-state index in [2.05, 4.69) is 4.98 Å². The van der Waals surface area contributed by atoms with Crippen molar-refractivity contribution in [3.63, 3.8) is 0 Å². The third-order valence-electron chi connectivity index (χ3n) is 2.97. The lowest BCUT2D eigenvalue weighted by Crippen LogP contribution is -2.03. The molecule has 2 aromatic carbocycles. The van der Waals surface area contributed by atoms with Gasteiger partial charge in [-0.3, -0.25) is 4.79 Å². The lowest BCUT2D eigenvalue weighted by atomic mass is 10.1. The molecule has 0 saturated heterocycles. The Balaban J connectivity index is 1.86. The first-order valence-electron chi connectivity index (χ1n) is 6.06. The molecule has 5 heteroatoms. The maximum absolute atomic E-state index is 12.2. The van der Waals surface area contributed by atoms with Crippen LogP contribution < -0.4 is 5.73 Å². The monoisotopic (exact) mass is 302 g/mol. The van der Waals surface area contributed by atoms with E-state index in [4.69, 9.17) is 17.3 Å². The van der Waals surface area contributed by atoms with Gasteiger partial charge in [-0.25, -0.2) is 4.98 Å². The van der Waals surface area contributed by atoms with Gasteiger partial charge in [-0.05, 0) is 30.3 Å². The van der Waals surface area contributed by atoms with E-state index in [0.29, 0.717) is 16.3 Å². The smallest absolute Gasteiger partial charge is 0.169 e. The van der Waals surface area contributed by atoms with Gasteiger partial charge in [-0.1, -0.05) is 23.7 Å². The molecular weight excluding hydrogens is 292 g/mol. The Kier molecular flexibility index (Phi) is 3.42. The molecule has 0 radical (unpaired) electrons. The molecule has 0 fully saturated rings. The summed E-state index contributed by atoms with van der Waals surface area (Å²) in [6.45, 7) is 0. The number of hydrogen-bond donors (Lipinski definition) is 1. The van der Waals surface area contributed by atoms with Gasteiger partial charge < -0.3 is 5.73 Å². The van der Waals surface area contributed by atoms with Crippen molar-refractivity contribution in [3.05, 3.63) is 58.1 Å². The molecule has 3 rings (SSSR count). The van der Waals surface area contributed by atoms with E-state index in [1.807, 2.05) is 24.3 Å². The van der Waals surface area contributed by atoms with Gasteiger partial charge in [0.15, 0.2) is 5.78 Å². The van der Waals surface area contributed by atoms with Crippen molar-refractivity contribution in [1.29, 1.82) is 0 Å². The number of para-hydroxylation sites is 1. The molecule has 100 valence electrons. The topological polar surface area (TPSA) is 56.0 Å². The maximum Gasteiger partial charge on any atom is 0.169 e. The van der Waals surface area contributed by atoms with E-state index >= 15 is 0 Å². The van der Waals surface area contributed by atoms with Crippen LogP contribution in [-0.4, -0.2) is 10.8 Å². The molecular formula is C15H11ClN2OS. The number of thiazole rings is 1. The van der Waals surface area contributed by atoms with Crippen molar-refractivity contribution >= 4 is 44.6 Å². The molecule has 2 N–H and O–H groups in total. The van der Waals surface area contributed by atoms with Crippen LogP contribution >= 0.6 is 22.9 Å². The summed E-state index contributed by atoms with van der Waals surface area (Å²) in [7, 11) is 0. The number of nitrogens with two attached hydrogens (primary N) is 1. The zero-order valence-electron chi connectivity index (χ0n) is 10.5. The number of anilines is 1. The number of Topliss-reactive ketones (excluding diaryl/α,β-unsaturated/α-hetero) is 1. The van der Waals surface area contributed by atoms with Crippen molar-refractivity contribution in [1.82, 2.24) is 4.98 Å². The zero-order chi connectivity index (χ0) is 14.1. The number of carbonyl (C=O) groups is 1. The van der Waals surface area contributed by atoms with E-state index in [1.54, 1.807) is 18.2 Å². The molecule has 0 spiro atoms. The quantitative estimate of drug-likeness (QED) is 0.588. The molecule has 0 amide bonds.